The van der Waals surface area contributed by atoms with Crippen LogP contribution in [0, 0.1) is 0 Å². The van der Waals surface area contributed by atoms with Crippen molar-refractivity contribution < 1.29 is 33.0 Å². The molecule has 0 spiro atoms. The molecule has 0 saturated heterocycles. The zero-order valence-electron chi connectivity index (χ0n) is 21.8. The van der Waals surface area contributed by atoms with Crippen molar-refractivity contribution in [3.05, 3.63) is 123 Å². The highest BCUT2D eigenvalue weighted by molar-refractivity contribution is 7.20. The number of amides is 1. The first-order valence-corrected chi connectivity index (χ1v) is 14.0. The second kappa shape index (κ2) is 11.9. The molecule has 4 aromatic carbocycles. The van der Waals surface area contributed by atoms with E-state index < -0.39 is 29.7 Å². The number of halogens is 4. The molecule has 5 aromatic rings. The Balaban J connectivity index is 1.34. The number of fused-ring (bicyclic) bond motifs is 1. The molecule has 1 amide bonds. The van der Waals surface area contributed by atoms with Crippen LogP contribution in [0.4, 0.5) is 13.2 Å². The number of benzene rings is 4. The molecule has 0 aliphatic rings. The Labute approximate surface area is 247 Å². The largest absolute Gasteiger partial charge is 0.508 e. The van der Waals surface area contributed by atoms with E-state index in [2.05, 4.69) is 5.32 Å². The number of phenolic OH excluding ortho intramolecular Hbond substituents is 1. The van der Waals surface area contributed by atoms with Crippen molar-refractivity contribution in [1.82, 2.24) is 5.32 Å². The molecule has 0 saturated carbocycles. The molecule has 5 rings (SSSR count). The van der Waals surface area contributed by atoms with Gasteiger partial charge in [-0.2, -0.15) is 13.2 Å². The fourth-order valence-corrected chi connectivity index (χ4v) is 5.71. The molecule has 3 N–H and O–H groups in total. The summed E-state index contributed by atoms with van der Waals surface area (Å²) in [5, 5.41) is 24.0. The zero-order valence-corrected chi connectivity index (χ0v) is 23.4. The van der Waals surface area contributed by atoms with Crippen molar-refractivity contribution >= 4 is 44.9 Å². The van der Waals surface area contributed by atoms with Crippen LogP contribution in [0.25, 0.3) is 21.2 Å². The van der Waals surface area contributed by atoms with E-state index in [9.17, 15) is 33.0 Å². The lowest BCUT2D eigenvalue weighted by atomic mass is 9.94. The van der Waals surface area contributed by atoms with Gasteiger partial charge >= 0.3 is 12.1 Å². The molecule has 1 aromatic heterocycles. The number of carbonyl (C=O) groups is 2. The number of nitrogens with one attached hydrogen (secondary N) is 1. The number of hydrogen-bond acceptors (Lipinski definition) is 4. The number of carboxylic acid groups (broad SMARTS) is 1. The lowest BCUT2D eigenvalue weighted by Crippen LogP contribution is -2.42. The van der Waals surface area contributed by atoms with Crippen LogP contribution in [0.5, 0.6) is 5.75 Å². The van der Waals surface area contributed by atoms with Crippen molar-refractivity contribution in [1.29, 1.82) is 0 Å². The van der Waals surface area contributed by atoms with Gasteiger partial charge in [0.15, 0.2) is 0 Å². The molecule has 0 aliphatic heterocycles. The summed E-state index contributed by atoms with van der Waals surface area (Å²) >= 11 is 7.23. The van der Waals surface area contributed by atoms with Crippen LogP contribution in [-0.2, 0) is 23.8 Å². The third-order valence-electron chi connectivity index (χ3n) is 6.81. The van der Waals surface area contributed by atoms with Crippen molar-refractivity contribution in [3.63, 3.8) is 0 Å². The van der Waals surface area contributed by atoms with Gasteiger partial charge in [-0.05, 0) is 94.2 Å². The van der Waals surface area contributed by atoms with Crippen LogP contribution in [0.1, 0.15) is 31.9 Å². The maximum absolute atomic E-state index is 13.1. The highest BCUT2D eigenvalue weighted by Crippen LogP contribution is 2.32. The smallest absolute Gasteiger partial charge is 0.416 e. The molecule has 0 bridgehead atoms. The summed E-state index contributed by atoms with van der Waals surface area (Å²) in [5.41, 5.74) is 2.74. The minimum atomic E-state index is -4.46. The molecule has 10 heteroatoms. The molecule has 0 fully saturated rings. The molecule has 214 valence electrons. The summed E-state index contributed by atoms with van der Waals surface area (Å²) in [4.78, 5) is 25.7. The van der Waals surface area contributed by atoms with Gasteiger partial charge in [-0.25, -0.2) is 4.79 Å². The first kappa shape index (κ1) is 29.2. The first-order valence-electron chi connectivity index (χ1n) is 12.8. The number of aromatic hydroxyl groups is 1. The van der Waals surface area contributed by atoms with E-state index in [4.69, 9.17) is 11.6 Å². The zero-order chi connectivity index (χ0) is 30.0. The third kappa shape index (κ3) is 6.75. The lowest BCUT2D eigenvalue weighted by molar-refractivity contribution is -0.139. The molecule has 42 heavy (non-hydrogen) atoms. The summed E-state index contributed by atoms with van der Waals surface area (Å²) in [6.45, 7) is 0. The summed E-state index contributed by atoms with van der Waals surface area (Å²) < 4.78 is 39.7. The van der Waals surface area contributed by atoms with E-state index in [0.29, 0.717) is 26.6 Å². The van der Waals surface area contributed by atoms with Crippen molar-refractivity contribution in [2.75, 3.05) is 0 Å². The molecular formula is C32H23ClF3NO4S. The van der Waals surface area contributed by atoms with E-state index in [1.54, 1.807) is 24.3 Å². The molecular weight excluding hydrogens is 587 g/mol. The van der Waals surface area contributed by atoms with Gasteiger partial charge in [-0.15, -0.1) is 11.3 Å². The molecule has 1 heterocycles. The van der Waals surface area contributed by atoms with Crippen LogP contribution in [0.3, 0.4) is 0 Å². The molecule has 1 atom stereocenters. The minimum Gasteiger partial charge on any atom is -0.508 e. The van der Waals surface area contributed by atoms with Crippen molar-refractivity contribution in [2.24, 2.45) is 0 Å². The maximum atomic E-state index is 13.1. The van der Waals surface area contributed by atoms with E-state index in [0.717, 1.165) is 33.3 Å². The Morgan fingerprint density at radius 2 is 1.55 bits per heavy atom. The van der Waals surface area contributed by atoms with Crippen LogP contribution >= 0.6 is 22.9 Å². The molecule has 0 aliphatic carbocycles. The fourth-order valence-electron chi connectivity index (χ4n) is 4.63. The van der Waals surface area contributed by atoms with Gasteiger partial charge < -0.3 is 15.5 Å². The summed E-state index contributed by atoms with van der Waals surface area (Å²) in [6.07, 6.45) is -4.40. The summed E-state index contributed by atoms with van der Waals surface area (Å²) in [6, 6.07) is 22.6. The number of alkyl halides is 3. The van der Waals surface area contributed by atoms with Crippen molar-refractivity contribution in [2.45, 2.75) is 25.1 Å². The van der Waals surface area contributed by atoms with Crippen molar-refractivity contribution in [3.8, 4) is 16.9 Å². The van der Waals surface area contributed by atoms with Gasteiger partial charge in [0.1, 0.15) is 11.8 Å². The van der Waals surface area contributed by atoms with Crippen LogP contribution < -0.4 is 5.32 Å². The number of aliphatic carboxylic acids is 1. The SMILES string of the molecule is O=C(N[C@@H](Cc1ccc(O)cc1Cc1ccc(C(F)(F)F)cc1)C(=O)O)c1cc2cc(-c3ccc(Cl)cc3)ccc2s1. The Morgan fingerprint density at radius 3 is 2.21 bits per heavy atom. The first-order chi connectivity index (χ1) is 20.0. The van der Waals surface area contributed by atoms with E-state index in [1.807, 2.05) is 30.3 Å². The molecule has 5 nitrogen and oxygen atoms in total. The summed E-state index contributed by atoms with van der Waals surface area (Å²) in [5.74, 6) is -1.86. The van der Waals surface area contributed by atoms with Crippen LogP contribution in [-0.4, -0.2) is 28.1 Å². The lowest BCUT2D eigenvalue weighted by Gasteiger charge is -2.17. The number of carboxylic acids is 1. The highest BCUT2D eigenvalue weighted by atomic mass is 35.5. The predicted octanol–water partition coefficient (Wildman–Crippen LogP) is 7.96. The minimum absolute atomic E-state index is 0.0696. The highest BCUT2D eigenvalue weighted by Gasteiger charge is 2.30. The Morgan fingerprint density at radius 1 is 0.857 bits per heavy atom. The predicted molar refractivity (Wildman–Crippen MR) is 157 cm³/mol. The topological polar surface area (TPSA) is 86.6 Å². The number of hydrogen-bond donors (Lipinski definition) is 3. The van der Waals surface area contributed by atoms with E-state index in [-0.39, 0.29) is 18.6 Å². The van der Waals surface area contributed by atoms with Gasteiger partial charge in [0.2, 0.25) is 0 Å². The number of phenols is 1. The average molecular weight is 610 g/mol. The molecule has 0 radical (unpaired) electrons. The molecule has 0 unspecified atom stereocenters. The summed E-state index contributed by atoms with van der Waals surface area (Å²) in [7, 11) is 0. The van der Waals surface area contributed by atoms with Crippen LogP contribution in [0.2, 0.25) is 5.02 Å². The second-order valence-corrected chi connectivity index (χ2v) is 11.3. The Hall–Kier alpha value is -4.34. The van der Waals surface area contributed by atoms with Gasteiger partial charge in [0, 0.05) is 16.1 Å². The fraction of sp³-hybridized carbons (Fsp3) is 0.125. The second-order valence-electron chi connectivity index (χ2n) is 9.76. The number of rotatable bonds is 8. The van der Waals surface area contributed by atoms with Gasteiger partial charge in [-0.1, -0.05) is 48.0 Å². The Bertz CT molecular complexity index is 1770. The van der Waals surface area contributed by atoms with E-state index >= 15 is 0 Å². The maximum Gasteiger partial charge on any atom is 0.416 e. The standard InChI is InChI=1S/C32H23ClF3NO4S/c33-25-9-3-19(4-10-25)20-6-12-28-23(14-20)17-29(42-28)30(39)37-27(31(40)41)16-21-5-11-26(38)15-22(21)13-18-1-7-24(8-2-18)32(34,35)36/h1-12,14-15,17,27,38H,13,16H2,(H,37,39)(H,40,41)/t27-/m0/s1. The van der Waals surface area contributed by atoms with Gasteiger partial charge in [-0.3, -0.25) is 4.79 Å². The van der Waals surface area contributed by atoms with Crippen LogP contribution in [0.15, 0.2) is 91.0 Å². The quantitative estimate of drug-likeness (QED) is 0.167. The third-order valence-corrected chi connectivity index (χ3v) is 8.18. The average Bonchev–Trinajstić information content (AvgIpc) is 3.38. The van der Waals surface area contributed by atoms with Gasteiger partial charge in [0.05, 0.1) is 10.4 Å². The Kier molecular flexibility index (Phi) is 8.24. The number of thiophene rings is 1. The number of carbonyl (C=O) groups excluding carboxylic acids is 1. The normalized spacial score (nSPS) is 12.3. The van der Waals surface area contributed by atoms with E-state index in [1.165, 1.54) is 35.6 Å². The monoisotopic (exact) mass is 609 g/mol. The van der Waals surface area contributed by atoms with Gasteiger partial charge in [0.25, 0.3) is 5.91 Å².